The van der Waals surface area contributed by atoms with Gasteiger partial charge in [-0.2, -0.15) is 0 Å². The fraction of sp³-hybridized carbons (Fsp3) is 0.154. The lowest BCUT2D eigenvalue weighted by Gasteiger charge is -2.16. The van der Waals surface area contributed by atoms with Crippen LogP contribution in [0.5, 0.6) is 0 Å². The van der Waals surface area contributed by atoms with Crippen LogP contribution in [0.15, 0.2) is 47.5 Å². The fourth-order valence-corrected chi connectivity index (χ4v) is 1.64. The maximum Gasteiger partial charge on any atom is 0.333 e. The van der Waals surface area contributed by atoms with Gasteiger partial charge in [0.05, 0.1) is 13.4 Å². The molecule has 0 saturated carbocycles. The van der Waals surface area contributed by atoms with Gasteiger partial charge in [-0.15, -0.1) is 0 Å². The van der Waals surface area contributed by atoms with E-state index in [0.29, 0.717) is 5.82 Å². The predicted molar refractivity (Wildman–Crippen MR) is 69.7 cm³/mol. The van der Waals surface area contributed by atoms with Crippen LogP contribution in [-0.2, 0) is 9.53 Å². The highest BCUT2D eigenvalue weighted by Gasteiger charge is 2.21. The van der Waals surface area contributed by atoms with E-state index >= 15 is 0 Å². The number of hydrogen-bond acceptors (Lipinski definition) is 5. The maximum absolute atomic E-state index is 11.8. The maximum atomic E-state index is 11.8. The number of nitrogens with one attached hydrogen (secondary N) is 2. The summed E-state index contributed by atoms with van der Waals surface area (Å²) in [6.45, 7) is 0. The number of H-pyrrole nitrogens is 1. The minimum absolute atomic E-state index is 0.297. The predicted octanol–water partition coefficient (Wildman–Crippen LogP) is 1.10. The van der Waals surface area contributed by atoms with Gasteiger partial charge in [0.15, 0.2) is 6.04 Å². The first kappa shape index (κ1) is 12.8. The van der Waals surface area contributed by atoms with Gasteiger partial charge in [0, 0.05) is 6.07 Å². The Balaban J connectivity index is 2.29. The number of nitrogens with zero attached hydrogens (tertiary/aromatic N) is 1. The average molecular weight is 259 g/mol. The van der Waals surface area contributed by atoms with E-state index in [1.807, 2.05) is 18.2 Å². The largest absolute Gasteiger partial charge is 0.467 e. The molecule has 0 radical (unpaired) electrons. The van der Waals surface area contributed by atoms with Crippen molar-refractivity contribution in [2.45, 2.75) is 6.04 Å². The SMILES string of the molecule is COC(=O)C(Nc1cc(=O)[nH]cn1)c1ccccc1. The number of anilines is 1. The highest BCUT2D eigenvalue weighted by Crippen LogP contribution is 2.18. The molecule has 19 heavy (non-hydrogen) atoms. The lowest BCUT2D eigenvalue weighted by molar-refractivity contribution is -0.141. The number of methoxy groups -OCH3 is 1. The van der Waals surface area contributed by atoms with Crippen molar-refractivity contribution < 1.29 is 9.53 Å². The molecule has 1 aromatic heterocycles. The lowest BCUT2D eigenvalue weighted by atomic mass is 10.1. The third-order valence-electron chi connectivity index (χ3n) is 2.54. The molecule has 1 atom stereocenters. The number of aromatic nitrogens is 2. The monoisotopic (exact) mass is 259 g/mol. The van der Waals surface area contributed by atoms with Crippen LogP contribution < -0.4 is 10.9 Å². The molecule has 6 nitrogen and oxygen atoms in total. The van der Waals surface area contributed by atoms with Gasteiger partial charge in [-0.25, -0.2) is 9.78 Å². The van der Waals surface area contributed by atoms with Gasteiger partial charge >= 0.3 is 5.97 Å². The number of esters is 1. The Bertz CT molecular complexity index is 610. The molecule has 0 aliphatic rings. The van der Waals surface area contributed by atoms with E-state index in [2.05, 4.69) is 15.3 Å². The molecule has 2 N–H and O–H groups in total. The number of benzene rings is 1. The van der Waals surface area contributed by atoms with Crippen molar-refractivity contribution in [2.24, 2.45) is 0 Å². The van der Waals surface area contributed by atoms with Crippen molar-refractivity contribution in [2.75, 3.05) is 12.4 Å². The third-order valence-corrected chi connectivity index (χ3v) is 2.54. The minimum Gasteiger partial charge on any atom is -0.467 e. The van der Waals surface area contributed by atoms with Crippen LogP contribution in [0.25, 0.3) is 0 Å². The Morgan fingerprint density at radius 2 is 2.11 bits per heavy atom. The Labute approximate surface area is 109 Å². The van der Waals surface area contributed by atoms with Crippen LogP contribution in [0, 0.1) is 0 Å². The normalized spacial score (nSPS) is 11.6. The highest BCUT2D eigenvalue weighted by atomic mass is 16.5. The first-order valence-electron chi connectivity index (χ1n) is 5.65. The van der Waals surface area contributed by atoms with Crippen molar-refractivity contribution >= 4 is 11.8 Å². The molecular formula is C13H13N3O3. The molecule has 98 valence electrons. The molecule has 1 unspecified atom stereocenters. The smallest absolute Gasteiger partial charge is 0.333 e. The second-order valence-corrected chi connectivity index (χ2v) is 3.81. The second kappa shape index (κ2) is 5.81. The summed E-state index contributed by atoms with van der Waals surface area (Å²) in [7, 11) is 1.31. The standard InChI is InChI=1S/C13H13N3O3/c1-19-13(18)12(9-5-3-2-4-6-9)16-10-7-11(17)15-8-14-10/h2-8,12H,1H3,(H2,14,15,16,17). The molecule has 0 aliphatic carbocycles. The lowest BCUT2D eigenvalue weighted by Crippen LogP contribution is -2.23. The van der Waals surface area contributed by atoms with Gasteiger partial charge in [-0.1, -0.05) is 30.3 Å². The summed E-state index contributed by atoms with van der Waals surface area (Å²) < 4.78 is 4.75. The summed E-state index contributed by atoms with van der Waals surface area (Å²) in [5.41, 5.74) is 0.436. The molecule has 0 bridgehead atoms. The van der Waals surface area contributed by atoms with Crippen LogP contribution in [0.1, 0.15) is 11.6 Å². The van der Waals surface area contributed by atoms with Gasteiger partial charge in [-0.3, -0.25) is 4.79 Å². The highest BCUT2D eigenvalue weighted by molar-refractivity contribution is 5.80. The van der Waals surface area contributed by atoms with E-state index in [-0.39, 0.29) is 5.56 Å². The summed E-state index contributed by atoms with van der Waals surface area (Å²) >= 11 is 0. The summed E-state index contributed by atoms with van der Waals surface area (Å²) in [5.74, 6) is -0.142. The molecule has 2 rings (SSSR count). The topological polar surface area (TPSA) is 84.1 Å². The number of aromatic amines is 1. The number of carbonyl (C=O) groups is 1. The van der Waals surface area contributed by atoms with E-state index in [0.717, 1.165) is 5.56 Å². The first-order chi connectivity index (χ1) is 9.20. The van der Waals surface area contributed by atoms with Gasteiger partial charge in [0.1, 0.15) is 5.82 Å². The van der Waals surface area contributed by atoms with Crippen LogP contribution in [0.4, 0.5) is 5.82 Å². The van der Waals surface area contributed by atoms with Gasteiger partial charge in [-0.05, 0) is 5.56 Å². The average Bonchev–Trinajstić information content (AvgIpc) is 2.45. The summed E-state index contributed by atoms with van der Waals surface area (Å²) in [4.78, 5) is 29.4. The van der Waals surface area contributed by atoms with Gasteiger partial charge in [0.25, 0.3) is 5.56 Å². The van der Waals surface area contributed by atoms with Crippen LogP contribution in [-0.4, -0.2) is 23.0 Å². The molecule has 0 saturated heterocycles. The molecular weight excluding hydrogens is 246 g/mol. The number of hydrogen-bond donors (Lipinski definition) is 2. The van der Waals surface area contributed by atoms with Crippen LogP contribution in [0.2, 0.25) is 0 Å². The molecule has 0 aliphatic heterocycles. The van der Waals surface area contributed by atoms with Gasteiger partial charge in [0.2, 0.25) is 0 Å². The van der Waals surface area contributed by atoms with E-state index in [9.17, 15) is 9.59 Å². The van der Waals surface area contributed by atoms with E-state index in [1.165, 1.54) is 19.5 Å². The van der Waals surface area contributed by atoms with Crippen molar-refractivity contribution in [1.29, 1.82) is 0 Å². The Kier molecular flexibility index (Phi) is 3.92. The Morgan fingerprint density at radius 1 is 1.37 bits per heavy atom. The van der Waals surface area contributed by atoms with Crippen LogP contribution in [0.3, 0.4) is 0 Å². The minimum atomic E-state index is -0.708. The van der Waals surface area contributed by atoms with Crippen molar-refractivity contribution in [3.8, 4) is 0 Å². The molecule has 2 aromatic rings. The second-order valence-electron chi connectivity index (χ2n) is 3.81. The van der Waals surface area contributed by atoms with E-state index < -0.39 is 12.0 Å². The zero-order valence-electron chi connectivity index (χ0n) is 10.3. The summed E-state index contributed by atoms with van der Waals surface area (Å²) in [6.07, 6.45) is 1.27. The molecule has 0 amide bonds. The number of rotatable bonds is 4. The zero-order valence-corrected chi connectivity index (χ0v) is 10.3. The quantitative estimate of drug-likeness (QED) is 0.803. The van der Waals surface area contributed by atoms with Crippen molar-refractivity contribution in [1.82, 2.24) is 9.97 Å². The first-order valence-corrected chi connectivity index (χ1v) is 5.65. The van der Waals surface area contributed by atoms with Crippen molar-refractivity contribution in [3.05, 3.63) is 58.6 Å². The van der Waals surface area contributed by atoms with Gasteiger partial charge < -0.3 is 15.0 Å². The summed E-state index contributed by atoms with van der Waals surface area (Å²) in [6, 6.07) is 9.64. The Hall–Kier alpha value is -2.63. The Morgan fingerprint density at radius 3 is 2.74 bits per heavy atom. The number of carbonyl (C=O) groups excluding carboxylic acids is 1. The van der Waals surface area contributed by atoms with E-state index in [1.54, 1.807) is 12.1 Å². The third kappa shape index (κ3) is 3.19. The molecule has 0 spiro atoms. The van der Waals surface area contributed by atoms with E-state index in [4.69, 9.17) is 4.74 Å². The number of ether oxygens (including phenoxy) is 1. The fourth-order valence-electron chi connectivity index (χ4n) is 1.64. The van der Waals surface area contributed by atoms with Crippen LogP contribution >= 0.6 is 0 Å². The molecule has 1 aromatic carbocycles. The zero-order chi connectivity index (χ0) is 13.7. The van der Waals surface area contributed by atoms with Crippen molar-refractivity contribution in [3.63, 3.8) is 0 Å². The molecule has 6 heteroatoms. The molecule has 1 heterocycles. The molecule has 0 fully saturated rings. The summed E-state index contributed by atoms with van der Waals surface area (Å²) in [5, 5.41) is 2.88.